The number of carbonyl (C=O) groups excluding carboxylic acids is 2. The van der Waals surface area contributed by atoms with E-state index >= 15 is 0 Å². The van der Waals surface area contributed by atoms with E-state index in [9.17, 15) is 9.59 Å². The Bertz CT molecular complexity index is 403. The summed E-state index contributed by atoms with van der Waals surface area (Å²) in [5, 5.41) is 0. The molecule has 1 aromatic heterocycles. The van der Waals surface area contributed by atoms with Crippen LogP contribution in [0.4, 0.5) is 0 Å². The summed E-state index contributed by atoms with van der Waals surface area (Å²) in [4.78, 5) is 25.7. The van der Waals surface area contributed by atoms with Crippen LogP contribution in [0.2, 0.25) is 0 Å². The molecule has 0 atom stereocenters. The first-order valence-electron chi connectivity index (χ1n) is 5.49. The first-order valence-corrected chi connectivity index (χ1v) is 5.49. The highest BCUT2D eigenvalue weighted by Gasteiger charge is 2.17. The normalized spacial score (nSPS) is 16.5. The molecule has 0 unspecified atom stereocenters. The van der Waals surface area contributed by atoms with Gasteiger partial charge in [0.2, 0.25) is 12.3 Å². The fourth-order valence-corrected chi connectivity index (χ4v) is 1.69. The maximum Gasteiger partial charge on any atom is 0.246 e. The molecule has 90 valence electrons. The molecule has 1 aliphatic heterocycles. The molecular weight excluding hydrogens is 220 g/mol. The molecule has 2 amide bonds. The molecule has 0 N–H and O–H groups in total. The SMILES string of the molecule is O=CN1CCN(C(=O)/C=C/c2ccco2)CC1. The monoisotopic (exact) mass is 234 g/mol. The molecule has 2 rings (SSSR count). The lowest BCUT2D eigenvalue weighted by atomic mass is 10.3. The fraction of sp³-hybridized carbons (Fsp3) is 0.333. The highest BCUT2D eigenvalue weighted by atomic mass is 16.3. The maximum absolute atomic E-state index is 11.8. The van der Waals surface area contributed by atoms with Crippen LogP contribution in [0.15, 0.2) is 28.9 Å². The van der Waals surface area contributed by atoms with Gasteiger partial charge in [-0.2, -0.15) is 0 Å². The van der Waals surface area contributed by atoms with Gasteiger partial charge in [-0.25, -0.2) is 0 Å². The molecule has 17 heavy (non-hydrogen) atoms. The van der Waals surface area contributed by atoms with Crippen molar-refractivity contribution in [2.45, 2.75) is 0 Å². The lowest BCUT2D eigenvalue weighted by molar-refractivity contribution is -0.130. The number of amides is 2. The van der Waals surface area contributed by atoms with Crippen LogP contribution in [0, 0.1) is 0 Å². The second kappa shape index (κ2) is 5.34. The Labute approximate surface area is 99.3 Å². The largest absolute Gasteiger partial charge is 0.465 e. The van der Waals surface area contributed by atoms with Crippen molar-refractivity contribution in [2.24, 2.45) is 0 Å². The zero-order chi connectivity index (χ0) is 12.1. The fourth-order valence-electron chi connectivity index (χ4n) is 1.69. The van der Waals surface area contributed by atoms with Gasteiger partial charge in [-0.05, 0) is 18.2 Å². The van der Waals surface area contributed by atoms with Crippen molar-refractivity contribution in [1.82, 2.24) is 9.80 Å². The van der Waals surface area contributed by atoms with E-state index in [1.165, 1.54) is 6.08 Å². The van der Waals surface area contributed by atoms with Gasteiger partial charge in [-0.15, -0.1) is 0 Å². The lowest BCUT2D eigenvalue weighted by Crippen LogP contribution is -2.47. The van der Waals surface area contributed by atoms with Crippen molar-refractivity contribution in [2.75, 3.05) is 26.2 Å². The third-order valence-electron chi connectivity index (χ3n) is 2.71. The first-order chi connectivity index (χ1) is 8.29. The second-order valence-corrected chi connectivity index (χ2v) is 3.82. The second-order valence-electron chi connectivity index (χ2n) is 3.82. The minimum absolute atomic E-state index is 0.0491. The molecule has 0 spiro atoms. The molecule has 1 aromatic rings. The van der Waals surface area contributed by atoms with Gasteiger partial charge in [-0.3, -0.25) is 9.59 Å². The Hall–Kier alpha value is -2.04. The summed E-state index contributed by atoms with van der Waals surface area (Å²) in [7, 11) is 0. The molecule has 0 saturated carbocycles. The van der Waals surface area contributed by atoms with E-state index in [0.717, 1.165) is 6.41 Å². The minimum Gasteiger partial charge on any atom is -0.465 e. The number of piperazine rings is 1. The Kier molecular flexibility index (Phi) is 3.59. The average molecular weight is 234 g/mol. The van der Waals surface area contributed by atoms with Crippen molar-refractivity contribution in [3.63, 3.8) is 0 Å². The molecule has 5 heteroatoms. The van der Waals surface area contributed by atoms with Crippen molar-refractivity contribution >= 4 is 18.4 Å². The lowest BCUT2D eigenvalue weighted by Gasteiger charge is -2.31. The molecule has 2 heterocycles. The van der Waals surface area contributed by atoms with Crippen LogP contribution in [0.3, 0.4) is 0 Å². The summed E-state index contributed by atoms with van der Waals surface area (Å²) < 4.78 is 5.09. The standard InChI is InChI=1S/C12H14N2O3/c15-10-13-5-7-14(8-6-13)12(16)4-3-11-2-1-9-17-11/h1-4,9-10H,5-8H2/b4-3+. The predicted molar refractivity (Wildman–Crippen MR) is 62.0 cm³/mol. The minimum atomic E-state index is -0.0491. The smallest absolute Gasteiger partial charge is 0.246 e. The Morgan fingerprint density at radius 1 is 1.29 bits per heavy atom. The first kappa shape index (κ1) is 11.4. The quantitative estimate of drug-likeness (QED) is 0.568. The van der Waals surface area contributed by atoms with Gasteiger partial charge in [0.25, 0.3) is 0 Å². The topological polar surface area (TPSA) is 53.8 Å². The van der Waals surface area contributed by atoms with Crippen LogP contribution in [0.5, 0.6) is 0 Å². The van der Waals surface area contributed by atoms with E-state index in [0.29, 0.717) is 31.9 Å². The highest BCUT2D eigenvalue weighted by molar-refractivity contribution is 5.91. The third kappa shape index (κ3) is 2.96. The number of hydrogen-bond acceptors (Lipinski definition) is 3. The summed E-state index contributed by atoms with van der Waals surface area (Å²) in [5.74, 6) is 0.608. The molecule has 1 saturated heterocycles. The van der Waals surface area contributed by atoms with Gasteiger partial charge in [0.1, 0.15) is 5.76 Å². The zero-order valence-corrected chi connectivity index (χ0v) is 9.41. The van der Waals surface area contributed by atoms with E-state index in [1.807, 2.05) is 0 Å². The van der Waals surface area contributed by atoms with Crippen molar-refractivity contribution < 1.29 is 14.0 Å². The summed E-state index contributed by atoms with van der Waals surface area (Å²) in [5.41, 5.74) is 0. The number of nitrogens with zero attached hydrogens (tertiary/aromatic N) is 2. The van der Waals surface area contributed by atoms with Crippen LogP contribution in [0.1, 0.15) is 5.76 Å². The van der Waals surface area contributed by atoms with E-state index < -0.39 is 0 Å². The Balaban J connectivity index is 1.87. The van der Waals surface area contributed by atoms with Crippen LogP contribution >= 0.6 is 0 Å². The summed E-state index contributed by atoms with van der Waals surface area (Å²) >= 11 is 0. The number of furan rings is 1. The van der Waals surface area contributed by atoms with E-state index in [-0.39, 0.29) is 5.91 Å². The zero-order valence-electron chi connectivity index (χ0n) is 9.41. The molecular formula is C12H14N2O3. The van der Waals surface area contributed by atoms with Gasteiger partial charge in [0.15, 0.2) is 0 Å². The van der Waals surface area contributed by atoms with Crippen molar-refractivity contribution in [3.05, 3.63) is 30.2 Å². The Morgan fingerprint density at radius 3 is 2.65 bits per heavy atom. The maximum atomic E-state index is 11.8. The van der Waals surface area contributed by atoms with Gasteiger partial charge in [0, 0.05) is 32.3 Å². The van der Waals surface area contributed by atoms with Gasteiger partial charge >= 0.3 is 0 Å². The van der Waals surface area contributed by atoms with Crippen LogP contribution in [-0.2, 0) is 9.59 Å². The highest BCUT2D eigenvalue weighted by Crippen LogP contribution is 2.05. The molecule has 5 nitrogen and oxygen atoms in total. The number of carbonyl (C=O) groups is 2. The molecule has 0 radical (unpaired) electrons. The van der Waals surface area contributed by atoms with Crippen molar-refractivity contribution in [3.8, 4) is 0 Å². The summed E-state index contributed by atoms with van der Waals surface area (Å²) in [6.07, 6.45) is 5.53. The molecule has 0 bridgehead atoms. The molecule has 0 aromatic carbocycles. The van der Waals surface area contributed by atoms with Crippen molar-refractivity contribution in [1.29, 1.82) is 0 Å². The van der Waals surface area contributed by atoms with Crippen LogP contribution in [-0.4, -0.2) is 48.3 Å². The number of hydrogen-bond donors (Lipinski definition) is 0. The molecule has 0 aliphatic carbocycles. The van der Waals surface area contributed by atoms with Crippen LogP contribution < -0.4 is 0 Å². The van der Waals surface area contributed by atoms with E-state index in [1.54, 1.807) is 34.3 Å². The van der Waals surface area contributed by atoms with E-state index in [2.05, 4.69) is 0 Å². The Morgan fingerprint density at radius 2 is 2.06 bits per heavy atom. The van der Waals surface area contributed by atoms with Gasteiger partial charge in [0.05, 0.1) is 6.26 Å². The predicted octanol–water partition coefficient (Wildman–Crippen LogP) is 0.593. The van der Waals surface area contributed by atoms with Crippen LogP contribution in [0.25, 0.3) is 6.08 Å². The van der Waals surface area contributed by atoms with Gasteiger partial charge in [-0.1, -0.05) is 0 Å². The van der Waals surface area contributed by atoms with E-state index in [4.69, 9.17) is 4.42 Å². The summed E-state index contributed by atoms with van der Waals surface area (Å²) in [6, 6.07) is 3.56. The molecule has 1 aliphatic rings. The third-order valence-corrected chi connectivity index (χ3v) is 2.71. The average Bonchev–Trinajstić information content (AvgIpc) is 2.89. The molecule has 1 fully saturated rings. The van der Waals surface area contributed by atoms with Gasteiger partial charge < -0.3 is 14.2 Å². The number of rotatable bonds is 3. The summed E-state index contributed by atoms with van der Waals surface area (Å²) in [6.45, 7) is 2.37.